The Kier molecular flexibility index (Phi) is 5.14. The number of alkyl halides is 1. The molecule has 1 atom stereocenters. The Morgan fingerprint density at radius 3 is 2.84 bits per heavy atom. The molecule has 6 nitrogen and oxygen atoms in total. The van der Waals surface area contributed by atoms with Crippen LogP contribution in [-0.2, 0) is 11.4 Å². The molecule has 0 saturated heterocycles. The first-order valence-corrected chi connectivity index (χ1v) is 8.20. The van der Waals surface area contributed by atoms with Gasteiger partial charge < -0.3 is 15.1 Å². The van der Waals surface area contributed by atoms with E-state index in [0.717, 1.165) is 16.8 Å². The van der Waals surface area contributed by atoms with Crippen LogP contribution < -0.4 is 10.8 Å². The molecule has 0 spiro atoms. The molecule has 0 saturated carbocycles. The highest BCUT2D eigenvalue weighted by molar-refractivity contribution is 6.03. The van der Waals surface area contributed by atoms with Crippen molar-refractivity contribution in [2.45, 2.75) is 19.6 Å². The topological polar surface area (TPSA) is 72.7 Å². The number of rotatable bonds is 5. The van der Waals surface area contributed by atoms with Crippen LogP contribution in [0.3, 0.4) is 0 Å². The predicted octanol–water partition coefficient (Wildman–Crippen LogP) is 2.21. The Morgan fingerprint density at radius 2 is 2.16 bits per heavy atom. The molecule has 0 radical (unpaired) electrons. The zero-order valence-corrected chi connectivity index (χ0v) is 14.3. The number of nitrogens with zero attached hydrogens (tertiary/aromatic N) is 2. The summed E-state index contributed by atoms with van der Waals surface area (Å²) in [6.45, 7) is 3.16. The van der Waals surface area contributed by atoms with E-state index in [9.17, 15) is 4.39 Å². The Hall–Kier alpha value is -2.67. The first kappa shape index (κ1) is 17.2. The Labute approximate surface area is 146 Å². The van der Waals surface area contributed by atoms with Gasteiger partial charge in [-0.1, -0.05) is 24.3 Å². The quantitative estimate of drug-likeness (QED) is 0.766. The van der Waals surface area contributed by atoms with Crippen LogP contribution >= 0.6 is 0 Å². The maximum atomic E-state index is 12.8. The predicted molar refractivity (Wildman–Crippen MR) is 96.8 cm³/mol. The Balaban J connectivity index is 1.72. The first-order chi connectivity index (χ1) is 12.0. The fourth-order valence-corrected chi connectivity index (χ4v) is 2.67. The van der Waals surface area contributed by atoms with E-state index in [1.54, 1.807) is 6.21 Å². The van der Waals surface area contributed by atoms with Crippen molar-refractivity contribution in [3.63, 3.8) is 0 Å². The second-order valence-corrected chi connectivity index (χ2v) is 6.12. The van der Waals surface area contributed by atoms with Crippen molar-refractivity contribution in [2.75, 3.05) is 20.1 Å². The monoisotopic (exact) mass is 343 g/mol. The zero-order chi connectivity index (χ0) is 17.8. The standard InChI is InChI=1S/C18H22FN5O/c1-12(19)10-21-11-13-3-5-14(6-4-13)15-9-16(25-23-15)17-18(20)22-7-8-24(17)2/h3-7,9,12,20-21,23H,8,10-11H2,1-2H3. The van der Waals surface area contributed by atoms with Gasteiger partial charge in [-0.3, -0.25) is 5.41 Å². The van der Waals surface area contributed by atoms with Crippen LogP contribution in [0.5, 0.6) is 0 Å². The summed E-state index contributed by atoms with van der Waals surface area (Å²) in [5, 5.41) is 11.0. The molecule has 2 aliphatic rings. The van der Waals surface area contributed by atoms with Crippen molar-refractivity contribution in [1.82, 2.24) is 15.7 Å². The van der Waals surface area contributed by atoms with E-state index in [-0.39, 0.29) is 5.84 Å². The van der Waals surface area contributed by atoms with Crippen LogP contribution in [0, 0.1) is 5.41 Å². The number of likely N-dealkylation sites (N-methyl/N-ethyl adjacent to an activating group) is 1. The number of halogens is 1. The molecule has 0 amide bonds. The van der Waals surface area contributed by atoms with Gasteiger partial charge in [0, 0.05) is 38.0 Å². The third-order valence-electron chi connectivity index (χ3n) is 3.98. The van der Waals surface area contributed by atoms with Crippen LogP contribution in [0.2, 0.25) is 0 Å². The molecule has 0 bridgehead atoms. The zero-order valence-electron chi connectivity index (χ0n) is 14.3. The minimum atomic E-state index is -0.850. The molecule has 0 aliphatic carbocycles. The van der Waals surface area contributed by atoms with E-state index in [1.807, 2.05) is 42.3 Å². The summed E-state index contributed by atoms with van der Waals surface area (Å²) in [6.07, 6.45) is 2.73. The molecule has 25 heavy (non-hydrogen) atoms. The normalized spacial score (nSPS) is 21.0. The van der Waals surface area contributed by atoms with Gasteiger partial charge in [-0.2, -0.15) is 0 Å². The highest BCUT2D eigenvalue weighted by atomic mass is 19.1. The smallest absolute Gasteiger partial charge is 0.184 e. The number of nitrogens with one attached hydrogen (secondary N) is 3. The summed E-state index contributed by atoms with van der Waals surface area (Å²) in [6, 6.07) is 7.97. The van der Waals surface area contributed by atoms with Crippen molar-refractivity contribution < 1.29 is 9.23 Å². The van der Waals surface area contributed by atoms with Gasteiger partial charge in [0.1, 0.15) is 11.9 Å². The minimum absolute atomic E-state index is 0.187. The number of benzene rings is 1. The number of allylic oxidation sites excluding steroid dienone is 1. The van der Waals surface area contributed by atoms with Gasteiger partial charge in [0.15, 0.2) is 11.6 Å². The van der Waals surface area contributed by atoms with Gasteiger partial charge in [0.2, 0.25) is 0 Å². The van der Waals surface area contributed by atoms with E-state index in [2.05, 4.69) is 15.8 Å². The molecule has 3 N–H and O–H groups in total. The highest BCUT2D eigenvalue weighted by Crippen LogP contribution is 2.25. The molecule has 2 heterocycles. The van der Waals surface area contributed by atoms with Gasteiger partial charge in [-0.25, -0.2) is 14.9 Å². The molecular weight excluding hydrogens is 321 g/mol. The summed E-state index contributed by atoms with van der Waals surface area (Å²) in [7, 11) is 1.90. The fraction of sp³-hybridized carbons (Fsp3) is 0.333. The summed E-state index contributed by atoms with van der Waals surface area (Å²) in [5.74, 6) is 0.772. The van der Waals surface area contributed by atoms with Crippen molar-refractivity contribution in [3.05, 3.63) is 52.9 Å². The minimum Gasteiger partial charge on any atom is -0.380 e. The van der Waals surface area contributed by atoms with Crippen molar-refractivity contribution in [3.8, 4) is 0 Å². The van der Waals surface area contributed by atoms with Crippen LogP contribution in [0.4, 0.5) is 4.39 Å². The van der Waals surface area contributed by atoms with Gasteiger partial charge in [-0.15, -0.1) is 0 Å². The fourth-order valence-electron chi connectivity index (χ4n) is 2.67. The SMILES string of the molecule is CC(F)CNCc1ccc(C2=CC(=C3C(=N)N=CCN3C)ON2)cc1. The van der Waals surface area contributed by atoms with Gasteiger partial charge >= 0.3 is 0 Å². The van der Waals surface area contributed by atoms with E-state index >= 15 is 0 Å². The second kappa shape index (κ2) is 7.48. The lowest BCUT2D eigenvalue weighted by Gasteiger charge is -2.23. The molecule has 0 fully saturated rings. The Bertz CT molecular complexity index is 736. The largest absolute Gasteiger partial charge is 0.380 e. The van der Waals surface area contributed by atoms with E-state index in [0.29, 0.717) is 31.1 Å². The number of aliphatic imine (C=N–C) groups is 1. The van der Waals surface area contributed by atoms with Gasteiger partial charge in [0.05, 0.1) is 12.2 Å². The lowest BCUT2D eigenvalue weighted by Crippen LogP contribution is -2.30. The molecule has 1 aromatic rings. The molecule has 2 aliphatic heterocycles. The number of hydrogen-bond acceptors (Lipinski definition) is 5. The number of amidine groups is 1. The van der Waals surface area contributed by atoms with Crippen molar-refractivity contribution in [2.24, 2.45) is 4.99 Å². The summed E-state index contributed by atoms with van der Waals surface area (Å²) >= 11 is 0. The van der Waals surface area contributed by atoms with Crippen LogP contribution in [0.15, 0.2) is 46.8 Å². The Morgan fingerprint density at radius 1 is 1.40 bits per heavy atom. The number of hydrogen-bond donors (Lipinski definition) is 3. The van der Waals surface area contributed by atoms with Crippen molar-refractivity contribution >= 4 is 17.7 Å². The molecular formula is C18H22FN5O. The maximum absolute atomic E-state index is 12.8. The van der Waals surface area contributed by atoms with Crippen LogP contribution in [0.25, 0.3) is 5.70 Å². The molecule has 1 aromatic carbocycles. The van der Waals surface area contributed by atoms with Crippen molar-refractivity contribution in [1.29, 1.82) is 5.41 Å². The van der Waals surface area contributed by atoms with Gasteiger partial charge in [-0.05, 0) is 12.5 Å². The van der Waals surface area contributed by atoms with E-state index in [1.165, 1.54) is 6.92 Å². The van der Waals surface area contributed by atoms with E-state index < -0.39 is 6.17 Å². The molecule has 1 unspecified atom stereocenters. The highest BCUT2D eigenvalue weighted by Gasteiger charge is 2.23. The van der Waals surface area contributed by atoms with Gasteiger partial charge in [0.25, 0.3) is 0 Å². The third kappa shape index (κ3) is 4.06. The maximum Gasteiger partial charge on any atom is 0.184 e. The average molecular weight is 343 g/mol. The first-order valence-electron chi connectivity index (χ1n) is 8.20. The van der Waals surface area contributed by atoms with E-state index in [4.69, 9.17) is 10.2 Å². The summed E-state index contributed by atoms with van der Waals surface area (Å²) < 4.78 is 12.8. The number of hydroxylamine groups is 1. The molecule has 0 aromatic heterocycles. The van der Waals surface area contributed by atoms with Crippen LogP contribution in [-0.4, -0.2) is 43.3 Å². The lowest BCUT2D eigenvalue weighted by molar-refractivity contribution is 0.170. The summed E-state index contributed by atoms with van der Waals surface area (Å²) in [4.78, 5) is 11.5. The lowest BCUT2D eigenvalue weighted by atomic mass is 10.1. The summed E-state index contributed by atoms with van der Waals surface area (Å²) in [5.41, 5.74) is 6.46. The molecule has 3 rings (SSSR count). The average Bonchev–Trinajstić information content (AvgIpc) is 3.04. The molecule has 132 valence electrons. The second-order valence-electron chi connectivity index (χ2n) is 6.12. The van der Waals surface area contributed by atoms with Crippen LogP contribution in [0.1, 0.15) is 18.1 Å². The third-order valence-corrected chi connectivity index (χ3v) is 3.98. The molecule has 7 heteroatoms.